The van der Waals surface area contributed by atoms with E-state index in [0.717, 1.165) is 5.56 Å². The Balaban J connectivity index is 1.76. The molecule has 166 valence electrons. The number of anilines is 1. The molecule has 1 amide bonds. The highest BCUT2D eigenvalue weighted by Crippen LogP contribution is 2.39. The van der Waals surface area contributed by atoms with Gasteiger partial charge in [0.25, 0.3) is 5.91 Å². The van der Waals surface area contributed by atoms with Gasteiger partial charge in [-0.3, -0.25) is 14.4 Å². The molecule has 2 aromatic rings. The third-order valence-electron chi connectivity index (χ3n) is 5.34. The second kappa shape index (κ2) is 9.13. The summed E-state index contributed by atoms with van der Waals surface area (Å²) in [7, 11) is 1.35. The Morgan fingerprint density at radius 1 is 1.06 bits per heavy atom. The zero-order valence-corrected chi connectivity index (χ0v) is 17.9. The second-order valence-electron chi connectivity index (χ2n) is 7.49. The van der Waals surface area contributed by atoms with Crippen LogP contribution in [0.2, 0.25) is 0 Å². The van der Waals surface area contributed by atoms with Crippen molar-refractivity contribution in [1.29, 1.82) is 0 Å². The van der Waals surface area contributed by atoms with Crippen LogP contribution in [0, 0.1) is 0 Å². The average Bonchev–Trinajstić information content (AvgIpc) is 3.13. The van der Waals surface area contributed by atoms with Crippen LogP contribution < -0.4 is 20.1 Å². The van der Waals surface area contributed by atoms with E-state index >= 15 is 0 Å². The third-order valence-corrected chi connectivity index (χ3v) is 5.34. The lowest BCUT2D eigenvalue weighted by Crippen LogP contribution is -2.20. The van der Waals surface area contributed by atoms with Gasteiger partial charge in [0.1, 0.15) is 13.2 Å². The van der Waals surface area contributed by atoms with E-state index in [1.807, 2.05) is 12.1 Å². The number of rotatable bonds is 7. The van der Waals surface area contributed by atoms with Gasteiger partial charge >= 0.3 is 5.97 Å². The zero-order chi connectivity index (χ0) is 22.7. The molecule has 2 aromatic carbocycles. The Kier molecular flexibility index (Phi) is 6.11. The van der Waals surface area contributed by atoms with Crippen LogP contribution in [0.5, 0.6) is 11.5 Å². The molecule has 0 atom stereocenters. The Labute approximate surface area is 185 Å². The molecular weight excluding hydrogens is 412 g/mol. The van der Waals surface area contributed by atoms with Crippen LogP contribution >= 0.6 is 0 Å². The van der Waals surface area contributed by atoms with E-state index in [4.69, 9.17) is 14.2 Å². The fourth-order valence-corrected chi connectivity index (χ4v) is 3.72. The maximum absolute atomic E-state index is 13.0. The van der Waals surface area contributed by atoms with Crippen LogP contribution in [-0.2, 0) is 14.3 Å². The van der Waals surface area contributed by atoms with Crippen LogP contribution in [0.1, 0.15) is 41.3 Å². The van der Waals surface area contributed by atoms with Crippen LogP contribution in [0.4, 0.5) is 5.69 Å². The summed E-state index contributed by atoms with van der Waals surface area (Å²) in [4.78, 5) is 36.4. The molecule has 0 saturated carbocycles. The molecule has 0 fully saturated rings. The molecule has 0 saturated heterocycles. The molecular formula is C24H24N2O6. The summed E-state index contributed by atoms with van der Waals surface area (Å²) in [6.07, 6.45) is 0.778. The molecule has 2 aliphatic rings. The Morgan fingerprint density at radius 3 is 2.56 bits per heavy atom. The van der Waals surface area contributed by atoms with Crippen LogP contribution in [0.3, 0.4) is 0 Å². The van der Waals surface area contributed by atoms with Crippen LogP contribution in [0.15, 0.2) is 36.4 Å². The van der Waals surface area contributed by atoms with Crippen molar-refractivity contribution in [2.45, 2.75) is 19.8 Å². The largest absolute Gasteiger partial charge is 0.486 e. The number of hydrogen-bond donors (Lipinski definition) is 2. The van der Waals surface area contributed by atoms with E-state index in [1.54, 1.807) is 24.3 Å². The van der Waals surface area contributed by atoms with Gasteiger partial charge in [0.2, 0.25) is 0 Å². The van der Waals surface area contributed by atoms with Crippen molar-refractivity contribution < 1.29 is 28.6 Å². The summed E-state index contributed by atoms with van der Waals surface area (Å²) in [5, 5.41) is 6.18. The molecule has 8 heteroatoms. The van der Waals surface area contributed by atoms with Gasteiger partial charge < -0.3 is 24.8 Å². The lowest BCUT2D eigenvalue weighted by atomic mass is 9.97. The van der Waals surface area contributed by atoms with Crippen molar-refractivity contribution >= 4 is 34.6 Å². The topological polar surface area (TPSA) is 103 Å². The molecule has 2 N–H and O–H groups in total. The highest BCUT2D eigenvalue weighted by molar-refractivity contribution is 6.36. The number of benzene rings is 2. The monoisotopic (exact) mass is 436 g/mol. The van der Waals surface area contributed by atoms with Gasteiger partial charge in [0, 0.05) is 35.3 Å². The fourth-order valence-electron chi connectivity index (χ4n) is 3.72. The van der Waals surface area contributed by atoms with Gasteiger partial charge in [-0.15, -0.1) is 0 Å². The lowest BCUT2D eigenvalue weighted by Gasteiger charge is -2.21. The lowest BCUT2D eigenvalue weighted by molar-refractivity contribution is -0.140. The number of methoxy groups -OCH3 is 1. The molecule has 2 heterocycles. The van der Waals surface area contributed by atoms with E-state index in [0.29, 0.717) is 65.8 Å². The number of ether oxygens (including phenoxy) is 3. The normalized spacial score (nSPS) is 15.5. The van der Waals surface area contributed by atoms with Crippen molar-refractivity contribution in [3.05, 3.63) is 53.1 Å². The summed E-state index contributed by atoms with van der Waals surface area (Å²) in [5.74, 6) is 0.587. The number of hydrogen-bond acceptors (Lipinski definition) is 7. The molecule has 0 aromatic heterocycles. The first-order valence-corrected chi connectivity index (χ1v) is 10.4. The number of carbonyl (C=O) groups excluding carboxylic acids is 3. The molecule has 4 rings (SSSR count). The van der Waals surface area contributed by atoms with Gasteiger partial charge in [-0.05, 0) is 49.7 Å². The van der Waals surface area contributed by atoms with E-state index in [1.165, 1.54) is 14.0 Å². The first-order chi connectivity index (χ1) is 15.5. The summed E-state index contributed by atoms with van der Waals surface area (Å²) in [5.41, 5.74) is 3.56. The number of Topliss-reactive ketones (excluding diaryl/α,β-unsaturated/α-hetero) is 1. The predicted octanol–water partition coefficient (Wildman–Crippen LogP) is 3.02. The maximum Gasteiger partial charge on any atom is 0.305 e. The van der Waals surface area contributed by atoms with Crippen molar-refractivity contribution in [2.24, 2.45) is 0 Å². The molecule has 0 radical (unpaired) electrons. The van der Waals surface area contributed by atoms with Crippen LogP contribution in [-0.4, -0.2) is 44.5 Å². The number of esters is 1. The SMILES string of the molecule is COC(=O)CCCNC(=C1C(=O)Nc2ccc(C(C)=O)cc21)c1ccc2c(c1)OCCO2. The van der Waals surface area contributed by atoms with Crippen LogP contribution in [0.25, 0.3) is 11.3 Å². The number of ketones is 1. The summed E-state index contributed by atoms with van der Waals surface area (Å²) >= 11 is 0. The first kappa shape index (κ1) is 21.4. The minimum absolute atomic E-state index is 0.0848. The molecule has 2 aliphatic heterocycles. The van der Waals surface area contributed by atoms with Gasteiger partial charge in [0.05, 0.1) is 18.4 Å². The second-order valence-corrected chi connectivity index (χ2v) is 7.49. The standard InChI is InChI=1S/C24H24N2O6/c1-14(27)15-5-7-18-17(12-15)22(24(29)26-18)23(25-9-3-4-21(28)30-2)16-6-8-19-20(13-16)32-11-10-31-19/h5-8,12-13,25H,3-4,9-11H2,1-2H3,(H,26,29). The number of fused-ring (bicyclic) bond motifs is 2. The average molecular weight is 436 g/mol. The highest BCUT2D eigenvalue weighted by atomic mass is 16.6. The quantitative estimate of drug-likeness (QED) is 0.298. The Hall–Kier alpha value is -3.81. The molecule has 0 spiro atoms. The predicted molar refractivity (Wildman–Crippen MR) is 119 cm³/mol. The van der Waals surface area contributed by atoms with Crippen molar-refractivity contribution in [3.8, 4) is 11.5 Å². The fraction of sp³-hybridized carbons (Fsp3) is 0.292. The molecule has 0 bridgehead atoms. The van der Waals surface area contributed by atoms with E-state index in [9.17, 15) is 14.4 Å². The molecule has 0 aliphatic carbocycles. The van der Waals surface area contributed by atoms with Gasteiger partial charge in [-0.1, -0.05) is 0 Å². The Morgan fingerprint density at radius 2 is 1.81 bits per heavy atom. The minimum Gasteiger partial charge on any atom is -0.486 e. The number of nitrogens with one attached hydrogen (secondary N) is 2. The molecule has 32 heavy (non-hydrogen) atoms. The smallest absolute Gasteiger partial charge is 0.305 e. The molecule has 0 unspecified atom stereocenters. The highest BCUT2D eigenvalue weighted by Gasteiger charge is 2.29. The molecule has 8 nitrogen and oxygen atoms in total. The van der Waals surface area contributed by atoms with E-state index < -0.39 is 0 Å². The van der Waals surface area contributed by atoms with Crippen molar-refractivity contribution in [2.75, 3.05) is 32.2 Å². The summed E-state index contributed by atoms with van der Waals surface area (Å²) in [6, 6.07) is 10.6. The van der Waals surface area contributed by atoms with Gasteiger partial charge in [-0.25, -0.2) is 0 Å². The minimum atomic E-state index is -0.296. The summed E-state index contributed by atoms with van der Waals surface area (Å²) in [6.45, 7) is 2.86. The van der Waals surface area contributed by atoms with Gasteiger partial charge in [0.15, 0.2) is 17.3 Å². The zero-order valence-electron chi connectivity index (χ0n) is 17.9. The summed E-state index contributed by atoms with van der Waals surface area (Å²) < 4.78 is 16.0. The maximum atomic E-state index is 13.0. The van der Waals surface area contributed by atoms with E-state index in [-0.39, 0.29) is 24.1 Å². The Bertz CT molecular complexity index is 1120. The number of amides is 1. The van der Waals surface area contributed by atoms with Crippen molar-refractivity contribution in [1.82, 2.24) is 5.32 Å². The van der Waals surface area contributed by atoms with Gasteiger partial charge in [-0.2, -0.15) is 0 Å². The number of carbonyl (C=O) groups is 3. The van der Waals surface area contributed by atoms with Crippen molar-refractivity contribution in [3.63, 3.8) is 0 Å². The first-order valence-electron chi connectivity index (χ1n) is 10.4. The van der Waals surface area contributed by atoms with E-state index in [2.05, 4.69) is 10.6 Å². The third kappa shape index (κ3) is 4.30.